The van der Waals surface area contributed by atoms with Crippen molar-refractivity contribution < 1.29 is 28.6 Å². The Balaban J connectivity index is 0.000000183. The summed E-state index contributed by atoms with van der Waals surface area (Å²) in [6.45, 7) is 7.48. The van der Waals surface area contributed by atoms with Crippen LogP contribution in [0.15, 0.2) is 36.4 Å². The number of unbranched alkanes of at least 4 members (excludes halogenated alkanes) is 1. The maximum absolute atomic E-state index is 13.1. The number of fused-ring (bicyclic) bond motifs is 6. The average Bonchev–Trinajstić information content (AvgIpc) is 3.74. The normalized spacial score (nSPS) is 19.6. The van der Waals surface area contributed by atoms with E-state index in [9.17, 15) is 14.4 Å². The molecule has 0 spiro atoms. The summed E-state index contributed by atoms with van der Waals surface area (Å²) in [5.74, 6) is 3.11. The highest BCUT2D eigenvalue weighted by molar-refractivity contribution is 6.00. The van der Waals surface area contributed by atoms with E-state index in [1.807, 2.05) is 24.1 Å². The molecule has 11 heteroatoms. The minimum atomic E-state index is -0.401. The van der Waals surface area contributed by atoms with Crippen LogP contribution in [0, 0.1) is 23.7 Å². The zero-order chi connectivity index (χ0) is 42.5. The molecule has 0 radical (unpaired) electrons. The monoisotopic (exact) mass is 824 g/mol. The first-order valence-electron chi connectivity index (χ1n) is 22.7. The maximum atomic E-state index is 13.1. The zero-order valence-electron chi connectivity index (χ0n) is 37.4. The molecule has 0 bridgehead atoms. The van der Waals surface area contributed by atoms with Crippen LogP contribution in [-0.2, 0) is 54.0 Å². The highest BCUT2D eigenvalue weighted by atomic mass is 16.5. The van der Waals surface area contributed by atoms with Crippen molar-refractivity contribution in [2.75, 3.05) is 74.3 Å². The van der Waals surface area contributed by atoms with Gasteiger partial charge in [-0.2, -0.15) is 0 Å². The van der Waals surface area contributed by atoms with Gasteiger partial charge in [-0.1, -0.05) is 13.3 Å². The van der Waals surface area contributed by atoms with Gasteiger partial charge in [0.1, 0.15) is 0 Å². The third kappa shape index (κ3) is 9.27. The minimum absolute atomic E-state index is 0.0282. The fourth-order valence-electron chi connectivity index (χ4n) is 10.6. The van der Waals surface area contributed by atoms with Gasteiger partial charge in [0.2, 0.25) is 0 Å². The van der Waals surface area contributed by atoms with E-state index in [2.05, 4.69) is 54.4 Å². The Bertz CT molecular complexity index is 2140. The van der Waals surface area contributed by atoms with Crippen LogP contribution >= 0.6 is 0 Å². The Hall–Kier alpha value is -4.35. The predicted octanol–water partition coefficient (Wildman–Crippen LogP) is 8.06. The van der Waals surface area contributed by atoms with Crippen molar-refractivity contribution in [2.24, 2.45) is 37.8 Å². The molecule has 11 nitrogen and oxygen atoms in total. The van der Waals surface area contributed by atoms with Crippen LogP contribution in [0.5, 0.6) is 0 Å². The molecule has 2 aliphatic carbocycles. The van der Waals surface area contributed by atoms with Gasteiger partial charge in [0.15, 0.2) is 0 Å². The SMILES string of the molecule is CCCCN(C)C(=O)c1ccc2c(c1)c1c(n2C)CCC(C2CCOCC2)C1.COC(=O)N(C)CCN(C)C(=O)c1ccc2c(c1)c1c(n2C)CCC(C2CCOCC2)C1. The van der Waals surface area contributed by atoms with Crippen LogP contribution < -0.4 is 0 Å². The van der Waals surface area contributed by atoms with Gasteiger partial charge in [0.25, 0.3) is 11.8 Å². The van der Waals surface area contributed by atoms with E-state index in [1.165, 1.54) is 94.9 Å². The number of nitrogens with zero attached hydrogens (tertiary/aromatic N) is 5. The number of carbonyl (C=O) groups excluding carboxylic acids is 3. The summed E-state index contributed by atoms with van der Waals surface area (Å²) in [5, 5.41) is 2.51. The van der Waals surface area contributed by atoms with Crippen LogP contribution in [0.1, 0.15) is 102 Å². The molecule has 326 valence electrons. The molecular weight excluding hydrogens is 755 g/mol. The van der Waals surface area contributed by atoms with Crippen LogP contribution in [0.3, 0.4) is 0 Å². The first-order chi connectivity index (χ1) is 29.0. The molecule has 2 atom stereocenters. The lowest BCUT2D eigenvalue weighted by molar-refractivity contribution is 0.0438. The van der Waals surface area contributed by atoms with Gasteiger partial charge >= 0.3 is 6.09 Å². The Kier molecular flexibility index (Phi) is 14.3. The number of rotatable bonds is 10. The van der Waals surface area contributed by atoms with Crippen LogP contribution in [0.4, 0.5) is 4.79 Å². The number of hydrogen-bond acceptors (Lipinski definition) is 6. The highest BCUT2D eigenvalue weighted by Gasteiger charge is 2.33. The summed E-state index contributed by atoms with van der Waals surface area (Å²) >= 11 is 0. The number of amides is 3. The third-order valence-corrected chi connectivity index (χ3v) is 14.5. The van der Waals surface area contributed by atoms with E-state index in [4.69, 9.17) is 14.2 Å². The van der Waals surface area contributed by atoms with Crippen molar-refractivity contribution in [3.05, 3.63) is 70.0 Å². The van der Waals surface area contributed by atoms with E-state index in [1.54, 1.807) is 19.0 Å². The van der Waals surface area contributed by atoms with E-state index in [-0.39, 0.29) is 11.8 Å². The van der Waals surface area contributed by atoms with Gasteiger partial charge in [-0.15, -0.1) is 0 Å². The summed E-state index contributed by atoms with van der Waals surface area (Å²) in [5.41, 5.74) is 9.80. The molecule has 0 N–H and O–H groups in total. The summed E-state index contributed by atoms with van der Waals surface area (Å²) in [6, 6.07) is 12.4. The Morgan fingerprint density at radius 1 is 0.633 bits per heavy atom. The van der Waals surface area contributed by atoms with E-state index in [0.29, 0.717) is 24.6 Å². The molecule has 4 aliphatic rings. The number of carbonyl (C=O) groups is 3. The highest BCUT2D eigenvalue weighted by Crippen LogP contribution is 2.41. The van der Waals surface area contributed by atoms with E-state index in [0.717, 1.165) is 94.8 Å². The van der Waals surface area contributed by atoms with Crippen molar-refractivity contribution in [1.29, 1.82) is 0 Å². The van der Waals surface area contributed by atoms with Gasteiger partial charge in [-0.25, -0.2) is 4.79 Å². The molecule has 2 unspecified atom stereocenters. The second-order valence-electron chi connectivity index (χ2n) is 18.0. The average molecular weight is 824 g/mol. The fraction of sp³-hybridized carbons (Fsp3) is 0.612. The molecule has 3 amide bonds. The summed E-state index contributed by atoms with van der Waals surface area (Å²) in [4.78, 5) is 42.6. The molecule has 60 heavy (non-hydrogen) atoms. The number of methoxy groups -OCH3 is 1. The second kappa shape index (κ2) is 19.6. The Morgan fingerprint density at radius 3 is 1.50 bits per heavy atom. The van der Waals surface area contributed by atoms with Gasteiger partial charge in [-0.3, -0.25) is 9.59 Å². The summed E-state index contributed by atoms with van der Waals surface area (Å²) < 4.78 is 20.6. The molecule has 2 aromatic carbocycles. The van der Waals surface area contributed by atoms with Crippen molar-refractivity contribution in [1.82, 2.24) is 23.8 Å². The van der Waals surface area contributed by atoms with Crippen molar-refractivity contribution in [3.8, 4) is 0 Å². The van der Waals surface area contributed by atoms with Gasteiger partial charge in [-0.05, 0) is 142 Å². The topological polar surface area (TPSA) is 98.5 Å². The number of likely N-dealkylation sites (N-methyl/N-ethyl adjacent to an activating group) is 2. The lowest BCUT2D eigenvalue weighted by Gasteiger charge is -2.33. The van der Waals surface area contributed by atoms with E-state index < -0.39 is 6.09 Å². The summed E-state index contributed by atoms with van der Waals surface area (Å²) in [6.07, 6.45) is 13.5. The maximum Gasteiger partial charge on any atom is 0.409 e. The quantitative estimate of drug-likeness (QED) is 0.161. The third-order valence-electron chi connectivity index (χ3n) is 14.5. The number of ether oxygens (including phenoxy) is 3. The molecule has 0 saturated carbocycles. The smallest absolute Gasteiger partial charge is 0.409 e. The van der Waals surface area contributed by atoms with Gasteiger partial charge in [0, 0.05) is 126 Å². The standard InChI is InChI=1S/C25H35N3O4.C24H34N2O2/c1-26(11-12-27(2)25(30)31-4)24(29)19-6-8-23-21(16-19)20-15-18(5-7-22(20)28(23)3)17-9-13-32-14-10-17;1-4-5-12-25(2)24(27)19-7-9-23-21(16-19)20-15-18(6-8-22(20)26(23)3)17-10-13-28-14-11-17/h6,8,16-18H,5,7,9-15H2,1-4H3;7,9,16-18H,4-6,8,10-15H2,1-3H3. The lowest BCUT2D eigenvalue weighted by Crippen LogP contribution is -2.37. The fourth-order valence-corrected chi connectivity index (χ4v) is 10.6. The van der Waals surface area contributed by atoms with Crippen LogP contribution in [-0.4, -0.2) is 116 Å². The van der Waals surface area contributed by atoms with Crippen molar-refractivity contribution >= 4 is 39.7 Å². The molecule has 2 fully saturated rings. The van der Waals surface area contributed by atoms with Gasteiger partial charge in [0.05, 0.1) is 7.11 Å². The molecule has 4 heterocycles. The second-order valence-corrected chi connectivity index (χ2v) is 18.0. The first kappa shape index (κ1) is 43.7. The number of benzene rings is 2. The first-order valence-corrected chi connectivity index (χ1v) is 22.7. The lowest BCUT2D eigenvalue weighted by atomic mass is 9.75. The van der Waals surface area contributed by atoms with Crippen LogP contribution in [0.25, 0.3) is 21.8 Å². The largest absolute Gasteiger partial charge is 0.453 e. The molecule has 8 rings (SSSR count). The van der Waals surface area contributed by atoms with Crippen LogP contribution in [0.2, 0.25) is 0 Å². The molecule has 4 aromatic rings. The van der Waals surface area contributed by atoms with E-state index >= 15 is 0 Å². The Labute approximate surface area is 357 Å². The molecule has 2 aromatic heterocycles. The predicted molar refractivity (Wildman–Crippen MR) is 238 cm³/mol. The number of hydrogen-bond donors (Lipinski definition) is 0. The van der Waals surface area contributed by atoms with Crippen molar-refractivity contribution in [2.45, 2.75) is 84.0 Å². The molecule has 2 aliphatic heterocycles. The van der Waals surface area contributed by atoms with Gasteiger partial charge < -0.3 is 38.0 Å². The molecular formula is C49H69N5O6. The number of aryl methyl sites for hydroxylation is 2. The minimum Gasteiger partial charge on any atom is -0.453 e. The molecule has 2 saturated heterocycles. The zero-order valence-corrected chi connectivity index (χ0v) is 37.4. The number of aromatic nitrogens is 2. The Morgan fingerprint density at radius 2 is 1.07 bits per heavy atom. The summed E-state index contributed by atoms with van der Waals surface area (Å²) in [7, 11) is 11.1. The van der Waals surface area contributed by atoms with Crippen molar-refractivity contribution in [3.63, 3.8) is 0 Å².